The van der Waals surface area contributed by atoms with Crippen LogP contribution in [0.1, 0.15) is 35.8 Å². The van der Waals surface area contributed by atoms with Gasteiger partial charge in [-0.05, 0) is 35.7 Å². The summed E-state index contributed by atoms with van der Waals surface area (Å²) in [6, 6.07) is 25.3. The number of fused-ring (bicyclic) bond motifs is 1. The summed E-state index contributed by atoms with van der Waals surface area (Å²) in [5, 5.41) is 2.99. The van der Waals surface area contributed by atoms with E-state index in [0.29, 0.717) is 5.75 Å². The number of hydrogen-bond donors (Lipinski definition) is 1. The van der Waals surface area contributed by atoms with Crippen LogP contribution in [0.2, 0.25) is 0 Å². The number of rotatable bonds is 7. The molecule has 0 saturated heterocycles. The van der Waals surface area contributed by atoms with E-state index in [2.05, 4.69) is 5.32 Å². The average Bonchev–Trinajstić information content (AvgIpc) is 3.23. The van der Waals surface area contributed by atoms with Gasteiger partial charge in [0.25, 0.3) is 0 Å². The van der Waals surface area contributed by atoms with Crippen molar-refractivity contribution in [2.45, 2.75) is 19.1 Å². The van der Waals surface area contributed by atoms with Crippen LogP contribution in [0, 0.1) is 0 Å². The van der Waals surface area contributed by atoms with Crippen LogP contribution >= 0.6 is 0 Å². The molecular formula is C24H23NO4. The Kier molecular flexibility index (Phi) is 5.77. The van der Waals surface area contributed by atoms with Crippen LogP contribution in [0.4, 0.5) is 0 Å². The van der Waals surface area contributed by atoms with E-state index in [1.54, 1.807) is 0 Å². The van der Waals surface area contributed by atoms with Gasteiger partial charge >= 0.3 is 0 Å². The maximum Gasteiger partial charge on any atom is 0.246 e. The number of hydrogen-bond acceptors (Lipinski definition) is 4. The molecule has 1 heterocycles. The molecule has 3 aromatic rings. The molecule has 0 saturated carbocycles. The summed E-state index contributed by atoms with van der Waals surface area (Å²) in [6.45, 7) is 2.12. The molecule has 1 N–H and O–H groups in total. The number of amides is 1. The summed E-state index contributed by atoms with van der Waals surface area (Å²) in [7, 11) is 0. The number of benzene rings is 3. The Hall–Kier alpha value is -3.31. The molecule has 0 aliphatic carbocycles. The van der Waals surface area contributed by atoms with Gasteiger partial charge in [-0.25, -0.2) is 0 Å². The molecule has 1 amide bonds. The van der Waals surface area contributed by atoms with Gasteiger partial charge in [0.2, 0.25) is 12.7 Å². The highest BCUT2D eigenvalue weighted by Crippen LogP contribution is 2.34. The summed E-state index contributed by atoms with van der Waals surface area (Å²) in [5.41, 5.74) is 2.97. The van der Waals surface area contributed by atoms with Crippen molar-refractivity contribution in [3.8, 4) is 11.5 Å². The minimum absolute atomic E-state index is 0.0383. The summed E-state index contributed by atoms with van der Waals surface area (Å²) < 4.78 is 16.8. The molecule has 1 atom stereocenters. The van der Waals surface area contributed by atoms with E-state index < -0.39 is 0 Å². The number of ether oxygens (including phenoxy) is 3. The average molecular weight is 389 g/mol. The molecule has 0 radical (unpaired) electrons. The monoisotopic (exact) mass is 389 g/mol. The fourth-order valence-electron chi connectivity index (χ4n) is 3.35. The fourth-order valence-corrected chi connectivity index (χ4v) is 3.35. The lowest BCUT2D eigenvalue weighted by atomic mass is 10.0. The number of carbonyl (C=O) groups excluding carboxylic acids is 1. The third kappa shape index (κ3) is 4.58. The highest BCUT2D eigenvalue weighted by Gasteiger charge is 2.19. The molecule has 0 spiro atoms. The molecule has 0 fully saturated rings. The summed E-state index contributed by atoms with van der Waals surface area (Å²) in [4.78, 5) is 12.5. The van der Waals surface area contributed by atoms with Gasteiger partial charge in [-0.1, -0.05) is 66.7 Å². The van der Waals surface area contributed by atoms with Crippen LogP contribution < -0.4 is 14.8 Å². The van der Waals surface area contributed by atoms with Gasteiger partial charge in [-0.2, -0.15) is 0 Å². The first-order valence-electron chi connectivity index (χ1n) is 9.61. The zero-order valence-electron chi connectivity index (χ0n) is 16.2. The van der Waals surface area contributed by atoms with E-state index in [1.165, 1.54) is 0 Å². The number of nitrogens with one attached hydrogen (secondary N) is 1. The van der Waals surface area contributed by atoms with Crippen LogP contribution in [-0.4, -0.2) is 19.3 Å². The van der Waals surface area contributed by atoms with Crippen molar-refractivity contribution in [2.24, 2.45) is 0 Å². The minimum atomic E-state index is -0.302. The second kappa shape index (κ2) is 8.80. The Morgan fingerprint density at radius 3 is 2.17 bits per heavy atom. The van der Waals surface area contributed by atoms with Gasteiger partial charge in [-0.3, -0.25) is 4.79 Å². The van der Waals surface area contributed by atoms with E-state index in [9.17, 15) is 4.79 Å². The smallest absolute Gasteiger partial charge is 0.246 e. The maximum absolute atomic E-state index is 12.5. The van der Waals surface area contributed by atoms with Crippen molar-refractivity contribution in [1.29, 1.82) is 0 Å². The van der Waals surface area contributed by atoms with Crippen LogP contribution in [-0.2, 0) is 9.53 Å². The summed E-state index contributed by atoms with van der Waals surface area (Å²) in [6.07, 6.45) is -0.302. The summed E-state index contributed by atoms with van der Waals surface area (Å²) >= 11 is 0. The van der Waals surface area contributed by atoms with Crippen LogP contribution in [0.25, 0.3) is 0 Å². The van der Waals surface area contributed by atoms with Crippen molar-refractivity contribution in [3.05, 3.63) is 95.6 Å². The van der Waals surface area contributed by atoms with Gasteiger partial charge in [0.05, 0.1) is 6.04 Å². The molecule has 5 heteroatoms. The molecule has 1 aliphatic rings. The zero-order valence-corrected chi connectivity index (χ0v) is 16.2. The molecule has 0 aromatic heterocycles. The molecule has 4 rings (SSSR count). The highest BCUT2D eigenvalue weighted by molar-refractivity contribution is 5.77. The van der Waals surface area contributed by atoms with E-state index >= 15 is 0 Å². The van der Waals surface area contributed by atoms with Crippen molar-refractivity contribution >= 4 is 5.91 Å². The predicted octanol–water partition coefficient (Wildman–Crippen LogP) is 4.40. The minimum Gasteiger partial charge on any atom is -0.454 e. The van der Waals surface area contributed by atoms with Crippen molar-refractivity contribution in [2.75, 3.05) is 13.4 Å². The van der Waals surface area contributed by atoms with Gasteiger partial charge < -0.3 is 19.5 Å². The number of carbonyl (C=O) groups is 1. The maximum atomic E-state index is 12.5. The summed E-state index contributed by atoms with van der Waals surface area (Å²) in [5.74, 6) is 1.25. The second-order valence-electron chi connectivity index (χ2n) is 6.91. The Bertz CT molecular complexity index is 920. The quantitative estimate of drug-likeness (QED) is 0.651. The molecular weight excluding hydrogens is 366 g/mol. The molecule has 5 nitrogen and oxygen atoms in total. The lowest BCUT2D eigenvalue weighted by molar-refractivity contribution is -0.127. The molecule has 3 aromatic carbocycles. The normalized spacial score (nSPS) is 13.3. The van der Waals surface area contributed by atoms with Crippen molar-refractivity contribution < 1.29 is 19.0 Å². The predicted molar refractivity (Wildman–Crippen MR) is 110 cm³/mol. The van der Waals surface area contributed by atoms with E-state index in [0.717, 1.165) is 22.4 Å². The Balaban J connectivity index is 1.40. The SMILES string of the molecule is CC(NC(=O)COC(c1ccccc1)c1ccccc1)c1ccc2c(c1)OCO2. The second-order valence-corrected chi connectivity index (χ2v) is 6.91. The lowest BCUT2D eigenvalue weighted by Crippen LogP contribution is -2.30. The van der Waals surface area contributed by atoms with Gasteiger partial charge in [0, 0.05) is 0 Å². The van der Waals surface area contributed by atoms with Crippen molar-refractivity contribution in [3.63, 3.8) is 0 Å². The van der Waals surface area contributed by atoms with E-state index in [-0.39, 0.29) is 31.5 Å². The first-order chi connectivity index (χ1) is 14.2. The van der Waals surface area contributed by atoms with Crippen LogP contribution in [0.3, 0.4) is 0 Å². The highest BCUT2D eigenvalue weighted by atomic mass is 16.7. The molecule has 1 unspecified atom stereocenters. The van der Waals surface area contributed by atoms with E-state index in [4.69, 9.17) is 14.2 Å². The van der Waals surface area contributed by atoms with E-state index in [1.807, 2.05) is 85.8 Å². The standard InChI is InChI=1S/C24H23NO4/c1-17(20-12-13-21-22(14-20)29-16-28-21)25-23(26)15-27-24(18-8-4-2-5-9-18)19-10-6-3-7-11-19/h2-14,17,24H,15-16H2,1H3,(H,25,26). The largest absolute Gasteiger partial charge is 0.454 e. The molecule has 29 heavy (non-hydrogen) atoms. The first-order valence-corrected chi connectivity index (χ1v) is 9.61. The third-order valence-electron chi connectivity index (χ3n) is 4.86. The van der Waals surface area contributed by atoms with Crippen LogP contribution in [0.5, 0.6) is 11.5 Å². The molecule has 0 bridgehead atoms. The Labute approximate surface area is 170 Å². The van der Waals surface area contributed by atoms with Crippen molar-refractivity contribution in [1.82, 2.24) is 5.32 Å². The molecule has 1 aliphatic heterocycles. The van der Waals surface area contributed by atoms with Gasteiger partial charge in [0.15, 0.2) is 11.5 Å². The topological polar surface area (TPSA) is 56.8 Å². The van der Waals surface area contributed by atoms with Gasteiger partial charge in [0.1, 0.15) is 12.7 Å². The fraction of sp³-hybridized carbons (Fsp3) is 0.208. The zero-order chi connectivity index (χ0) is 20.1. The Morgan fingerprint density at radius 2 is 1.52 bits per heavy atom. The Morgan fingerprint density at radius 1 is 0.897 bits per heavy atom. The first kappa shape index (κ1) is 19.0. The third-order valence-corrected chi connectivity index (χ3v) is 4.86. The van der Waals surface area contributed by atoms with Crippen LogP contribution in [0.15, 0.2) is 78.9 Å². The van der Waals surface area contributed by atoms with Gasteiger partial charge in [-0.15, -0.1) is 0 Å². The molecule has 148 valence electrons. The lowest BCUT2D eigenvalue weighted by Gasteiger charge is -2.20.